The first-order valence-corrected chi connectivity index (χ1v) is 10.3. The number of aryl methyl sites for hydroxylation is 1. The van der Waals surface area contributed by atoms with Crippen LogP contribution in [0.4, 0.5) is 5.82 Å². The minimum Gasteiger partial charge on any atom is -0.357 e. The number of nitrogens with zero attached hydrogens (tertiary/aromatic N) is 3. The molecule has 1 saturated heterocycles. The summed E-state index contributed by atoms with van der Waals surface area (Å²) < 4.78 is 0. The first kappa shape index (κ1) is 19.2. The zero-order chi connectivity index (χ0) is 20.4. The molecule has 148 valence electrons. The van der Waals surface area contributed by atoms with Gasteiger partial charge in [0.05, 0.1) is 11.5 Å². The Hall–Kier alpha value is -3.13. The molecule has 1 aromatic carbocycles. The molecule has 1 atom stereocenters. The largest absolute Gasteiger partial charge is 0.357 e. The smallest absolute Gasteiger partial charge is 0.251 e. The molecule has 1 unspecified atom stereocenters. The van der Waals surface area contributed by atoms with E-state index in [0.717, 1.165) is 46.6 Å². The van der Waals surface area contributed by atoms with E-state index in [0.29, 0.717) is 12.8 Å². The standard InChI is InChI=1S/C24H26N4O/c1-3-17-13-18-9-10-19(14-21(18)27-23(17)29)24(2,16-25)15-20-7-6-8-22(26-20)28-11-4-5-12-28/h6-10,13-14H,3-5,11-12,15H2,1-2H3,(H,27,29). The molecular weight excluding hydrogens is 360 g/mol. The quantitative estimate of drug-likeness (QED) is 0.716. The van der Waals surface area contributed by atoms with Gasteiger partial charge < -0.3 is 9.88 Å². The van der Waals surface area contributed by atoms with Gasteiger partial charge in [0.2, 0.25) is 0 Å². The van der Waals surface area contributed by atoms with Gasteiger partial charge in [-0.3, -0.25) is 4.79 Å². The maximum absolute atomic E-state index is 12.2. The van der Waals surface area contributed by atoms with E-state index in [1.807, 2.05) is 56.3 Å². The Bertz CT molecular complexity index is 1140. The first-order chi connectivity index (χ1) is 14.0. The molecular formula is C24H26N4O. The van der Waals surface area contributed by atoms with Crippen LogP contribution in [0.3, 0.4) is 0 Å². The predicted molar refractivity (Wildman–Crippen MR) is 116 cm³/mol. The molecule has 1 aliphatic heterocycles. The molecule has 0 radical (unpaired) electrons. The van der Waals surface area contributed by atoms with Crippen LogP contribution in [0.5, 0.6) is 0 Å². The molecule has 3 aromatic rings. The third-order valence-electron chi connectivity index (χ3n) is 5.94. The number of benzene rings is 1. The van der Waals surface area contributed by atoms with Gasteiger partial charge in [0.1, 0.15) is 5.82 Å². The average molecular weight is 386 g/mol. The molecule has 0 amide bonds. The summed E-state index contributed by atoms with van der Waals surface area (Å²) in [6.45, 7) is 6.01. The fraction of sp³-hybridized carbons (Fsp3) is 0.375. The van der Waals surface area contributed by atoms with Gasteiger partial charge in [-0.15, -0.1) is 0 Å². The Labute approximate surface area is 171 Å². The second-order valence-corrected chi connectivity index (χ2v) is 8.08. The third-order valence-corrected chi connectivity index (χ3v) is 5.94. The summed E-state index contributed by atoms with van der Waals surface area (Å²) >= 11 is 0. The number of hydrogen-bond acceptors (Lipinski definition) is 4. The average Bonchev–Trinajstić information content (AvgIpc) is 3.28. The highest BCUT2D eigenvalue weighted by Crippen LogP contribution is 2.30. The number of H-pyrrole nitrogens is 1. The lowest BCUT2D eigenvalue weighted by Crippen LogP contribution is -2.25. The van der Waals surface area contributed by atoms with E-state index in [2.05, 4.69) is 16.0 Å². The molecule has 4 rings (SSSR count). The summed E-state index contributed by atoms with van der Waals surface area (Å²) in [5, 5.41) is 11.0. The van der Waals surface area contributed by atoms with Crippen LogP contribution in [-0.2, 0) is 18.3 Å². The molecule has 5 heteroatoms. The van der Waals surface area contributed by atoms with Crippen LogP contribution in [0.1, 0.15) is 43.5 Å². The van der Waals surface area contributed by atoms with E-state index in [1.165, 1.54) is 12.8 Å². The molecule has 1 fully saturated rings. The van der Waals surface area contributed by atoms with Crippen molar-refractivity contribution in [2.24, 2.45) is 0 Å². The molecule has 0 aliphatic carbocycles. The first-order valence-electron chi connectivity index (χ1n) is 10.3. The van der Waals surface area contributed by atoms with E-state index < -0.39 is 5.41 Å². The van der Waals surface area contributed by atoms with Crippen LogP contribution in [0.2, 0.25) is 0 Å². The molecule has 0 bridgehead atoms. The summed E-state index contributed by atoms with van der Waals surface area (Å²) in [5.74, 6) is 0.996. The summed E-state index contributed by atoms with van der Waals surface area (Å²) in [7, 11) is 0. The Morgan fingerprint density at radius 2 is 2.00 bits per heavy atom. The summed E-state index contributed by atoms with van der Waals surface area (Å²) in [5.41, 5.74) is 2.55. The van der Waals surface area contributed by atoms with Crippen molar-refractivity contribution in [3.8, 4) is 6.07 Å². The minimum atomic E-state index is -0.731. The number of hydrogen-bond donors (Lipinski definition) is 1. The fourth-order valence-corrected chi connectivity index (χ4v) is 4.11. The number of rotatable bonds is 5. The number of nitrogens with one attached hydrogen (secondary N) is 1. The van der Waals surface area contributed by atoms with Crippen LogP contribution >= 0.6 is 0 Å². The van der Waals surface area contributed by atoms with Crippen molar-refractivity contribution in [2.45, 2.75) is 44.9 Å². The molecule has 1 aliphatic rings. The van der Waals surface area contributed by atoms with Crippen molar-refractivity contribution in [3.63, 3.8) is 0 Å². The Balaban J connectivity index is 1.67. The normalized spacial score (nSPS) is 16.0. The Morgan fingerprint density at radius 1 is 1.21 bits per heavy atom. The van der Waals surface area contributed by atoms with Gasteiger partial charge in [0.15, 0.2) is 0 Å². The van der Waals surface area contributed by atoms with E-state index in [9.17, 15) is 10.1 Å². The number of anilines is 1. The number of aromatic nitrogens is 2. The second-order valence-electron chi connectivity index (χ2n) is 8.08. The molecule has 5 nitrogen and oxygen atoms in total. The van der Waals surface area contributed by atoms with E-state index in [1.54, 1.807) is 0 Å². The zero-order valence-electron chi connectivity index (χ0n) is 17.0. The van der Waals surface area contributed by atoms with Crippen LogP contribution < -0.4 is 10.5 Å². The summed E-state index contributed by atoms with van der Waals surface area (Å²) in [6.07, 6.45) is 3.63. The molecule has 0 saturated carbocycles. The van der Waals surface area contributed by atoms with Crippen molar-refractivity contribution in [1.82, 2.24) is 9.97 Å². The molecule has 29 heavy (non-hydrogen) atoms. The molecule has 1 N–H and O–H groups in total. The fourth-order valence-electron chi connectivity index (χ4n) is 4.11. The maximum Gasteiger partial charge on any atom is 0.251 e. The van der Waals surface area contributed by atoms with E-state index in [4.69, 9.17) is 4.98 Å². The van der Waals surface area contributed by atoms with Gasteiger partial charge >= 0.3 is 0 Å². The lowest BCUT2D eigenvalue weighted by atomic mass is 9.79. The number of pyridine rings is 2. The minimum absolute atomic E-state index is 0.0595. The number of nitriles is 1. The third kappa shape index (κ3) is 3.75. The summed E-state index contributed by atoms with van der Waals surface area (Å²) in [4.78, 5) is 22.3. The zero-order valence-corrected chi connectivity index (χ0v) is 17.0. The highest BCUT2D eigenvalue weighted by atomic mass is 16.1. The van der Waals surface area contributed by atoms with Crippen molar-refractivity contribution in [2.75, 3.05) is 18.0 Å². The van der Waals surface area contributed by atoms with E-state index in [-0.39, 0.29) is 5.56 Å². The van der Waals surface area contributed by atoms with Gasteiger partial charge in [-0.25, -0.2) is 4.98 Å². The van der Waals surface area contributed by atoms with Crippen molar-refractivity contribution < 1.29 is 0 Å². The lowest BCUT2D eigenvalue weighted by molar-refractivity contribution is 0.597. The number of aromatic amines is 1. The van der Waals surface area contributed by atoms with Gasteiger partial charge in [0, 0.05) is 36.3 Å². The topological polar surface area (TPSA) is 72.8 Å². The highest BCUT2D eigenvalue weighted by molar-refractivity contribution is 5.80. The Kier molecular flexibility index (Phi) is 5.10. The van der Waals surface area contributed by atoms with Crippen LogP contribution in [0.15, 0.2) is 47.3 Å². The van der Waals surface area contributed by atoms with Crippen molar-refractivity contribution in [1.29, 1.82) is 5.26 Å². The maximum atomic E-state index is 12.2. The lowest BCUT2D eigenvalue weighted by Gasteiger charge is -2.23. The second kappa shape index (κ2) is 7.71. The highest BCUT2D eigenvalue weighted by Gasteiger charge is 2.28. The molecule has 3 heterocycles. The van der Waals surface area contributed by atoms with Crippen LogP contribution in [0.25, 0.3) is 10.9 Å². The predicted octanol–water partition coefficient (Wildman–Crippen LogP) is 4.11. The molecule has 0 spiro atoms. The van der Waals surface area contributed by atoms with Gasteiger partial charge in [-0.2, -0.15) is 5.26 Å². The number of fused-ring (bicyclic) bond motifs is 1. The van der Waals surface area contributed by atoms with Gasteiger partial charge in [0.25, 0.3) is 5.56 Å². The van der Waals surface area contributed by atoms with Crippen molar-refractivity contribution in [3.05, 3.63) is 69.6 Å². The van der Waals surface area contributed by atoms with Crippen molar-refractivity contribution >= 4 is 16.7 Å². The van der Waals surface area contributed by atoms with E-state index >= 15 is 0 Å². The van der Waals surface area contributed by atoms with Crippen LogP contribution in [-0.4, -0.2) is 23.1 Å². The summed E-state index contributed by atoms with van der Waals surface area (Å²) in [6, 6.07) is 16.4. The van der Waals surface area contributed by atoms with Gasteiger partial charge in [-0.05, 0) is 61.4 Å². The SMILES string of the molecule is CCc1cc2ccc(C(C)(C#N)Cc3cccc(N4CCCC4)n3)cc2[nH]c1=O. The van der Waals surface area contributed by atoms with Crippen LogP contribution in [0, 0.1) is 11.3 Å². The monoisotopic (exact) mass is 386 g/mol. The molecule has 2 aromatic heterocycles. The van der Waals surface area contributed by atoms with Gasteiger partial charge in [-0.1, -0.05) is 25.1 Å². The Morgan fingerprint density at radius 3 is 2.72 bits per heavy atom.